The molecule has 2 aromatic carbocycles. The van der Waals surface area contributed by atoms with E-state index in [0.29, 0.717) is 40.2 Å². The van der Waals surface area contributed by atoms with E-state index in [1.54, 1.807) is 0 Å². The molecule has 8 nitrogen and oxygen atoms in total. The topological polar surface area (TPSA) is 86.4 Å². The van der Waals surface area contributed by atoms with Crippen LogP contribution in [0.4, 0.5) is 5.69 Å². The van der Waals surface area contributed by atoms with Crippen molar-refractivity contribution in [3.05, 3.63) is 65.2 Å². The van der Waals surface area contributed by atoms with Crippen molar-refractivity contribution in [2.24, 2.45) is 0 Å². The third kappa shape index (κ3) is 6.02. The molecule has 204 valence electrons. The van der Waals surface area contributed by atoms with Gasteiger partial charge in [-0.15, -0.1) is 0 Å². The fourth-order valence-electron chi connectivity index (χ4n) is 4.75. The maximum absolute atomic E-state index is 12.8. The summed E-state index contributed by atoms with van der Waals surface area (Å²) in [7, 11) is 3.96. The lowest BCUT2D eigenvalue weighted by Gasteiger charge is -2.25. The van der Waals surface area contributed by atoms with E-state index in [0.717, 1.165) is 30.8 Å². The van der Waals surface area contributed by atoms with E-state index in [9.17, 15) is 4.79 Å². The van der Waals surface area contributed by atoms with Crippen molar-refractivity contribution in [2.45, 2.75) is 32.1 Å². The van der Waals surface area contributed by atoms with Crippen LogP contribution in [0.2, 0.25) is 5.02 Å². The number of nitrogens with zero attached hydrogens (tertiary/aromatic N) is 4. The zero-order valence-corrected chi connectivity index (χ0v) is 23.7. The summed E-state index contributed by atoms with van der Waals surface area (Å²) in [6.07, 6.45) is 2.48. The smallest absolute Gasteiger partial charge is 0.301 e. The number of H-pyrrole nitrogens is 1. The van der Waals surface area contributed by atoms with Crippen molar-refractivity contribution in [2.75, 3.05) is 45.2 Å². The quantitative estimate of drug-likeness (QED) is 0.283. The molecule has 0 unspecified atom stereocenters. The van der Waals surface area contributed by atoms with E-state index in [2.05, 4.69) is 44.5 Å². The molecule has 1 fully saturated rings. The van der Waals surface area contributed by atoms with Crippen LogP contribution < -0.4 is 15.0 Å². The summed E-state index contributed by atoms with van der Waals surface area (Å²) in [5.41, 5.74) is 4.30. The Morgan fingerprint density at radius 2 is 1.77 bits per heavy atom. The first-order chi connectivity index (χ1) is 18.7. The molecule has 2 N–H and O–H groups in total. The number of carbonyl (C=O) groups is 1. The van der Waals surface area contributed by atoms with Gasteiger partial charge in [-0.1, -0.05) is 35.9 Å². The molecule has 2 aromatic heterocycles. The number of anilines is 1. The van der Waals surface area contributed by atoms with Gasteiger partial charge in [0.25, 0.3) is 0 Å². The second-order valence-corrected chi connectivity index (χ2v) is 11.2. The lowest BCUT2D eigenvalue weighted by Crippen LogP contribution is -2.42. The number of hydrogen-bond donors (Lipinski definition) is 2. The van der Waals surface area contributed by atoms with E-state index < -0.39 is 5.41 Å². The number of fused-ring (bicyclic) bond motifs is 1. The maximum atomic E-state index is 12.8. The van der Waals surface area contributed by atoms with Gasteiger partial charge in [0.15, 0.2) is 5.65 Å². The number of rotatable bonds is 9. The van der Waals surface area contributed by atoms with Crippen LogP contribution in [0.5, 0.6) is 11.8 Å². The summed E-state index contributed by atoms with van der Waals surface area (Å²) >= 11 is 6.61. The first-order valence-electron chi connectivity index (χ1n) is 13.3. The highest BCUT2D eigenvalue weighted by Gasteiger charge is 2.29. The Labute approximate surface area is 234 Å². The van der Waals surface area contributed by atoms with Gasteiger partial charge < -0.3 is 24.8 Å². The zero-order valence-electron chi connectivity index (χ0n) is 22.9. The van der Waals surface area contributed by atoms with E-state index in [-0.39, 0.29) is 5.91 Å². The molecule has 4 aromatic rings. The minimum Gasteiger partial charge on any atom is -0.426 e. The number of aromatic nitrogens is 3. The second-order valence-electron chi connectivity index (χ2n) is 10.8. The van der Waals surface area contributed by atoms with Gasteiger partial charge >= 0.3 is 6.01 Å². The van der Waals surface area contributed by atoms with Gasteiger partial charge in [-0.2, -0.15) is 4.98 Å². The molecular weight excluding hydrogens is 512 g/mol. The summed E-state index contributed by atoms with van der Waals surface area (Å²) in [6.45, 7) is 7.44. The number of ether oxygens (including phenoxy) is 1. The van der Waals surface area contributed by atoms with Gasteiger partial charge in [0, 0.05) is 37.4 Å². The molecule has 1 aliphatic rings. The number of amides is 1. The highest BCUT2D eigenvalue weighted by Crippen LogP contribution is 2.32. The van der Waals surface area contributed by atoms with Gasteiger partial charge in [0.2, 0.25) is 5.91 Å². The van der Waals surface area contributed by atoms with E-state index in [1.165, 1.54) is 18.5 Å². The minimum atomic E-state index is -0.673. The predicted molar refractivity (Wildman–Crippen MR) is 157 cm³/mol. The van der Waals surface area contributed by atoms with Crippen molar-refractivity contribution in [3.63, 3.8) is 0 Å². The van der Waals surface area contributed by atoms with Gasteiger partial charge in [0.1, 0.15) is 5.75 Å². The molecule has 1 amide bonds. The molecular formula is C30H35ClN6O2. The predicted octanol–water partition coefficient (Wildman–Crippen LogP) is 5.63. The second kappa shape index (κ2) is 11.2. The van der Waals surface area contributed by atoms with Crippen LogP contribution in [0.25, 0.3) is 22.4 Å². The number of benzene rings is 2. The van der Waals surface area contributed by atoms with Crippen molar-refractivity contribution in [1.29, 1.82) is 0 Å². The molecule has 3 heterocycles. The average molecular weight is 547 g/mol. The Morgan fingerprint density at radius 1 is 1.08 bits per heavy atom. The Morgan fingerprint density at radius 3 is 2.44 bits per heavy atom. The molecule has 0 radical (unpaired) electrons. The highest BCUT2D eigenvalue weighted by atomic mass is 35.5. The van der Waals surface area contributed by atoms with Gasteiger partial charge in [-0.05, 0) is 76.7 Å². The number of hydrogen-bond acceptors (Lipinski definition) is 6. The normalized spacial score (nSPS) is 13.8. The Kier molecular flexibility index (Phi) is 7.77. The number of carbonyl (C=O) groups excluding carboxylic acids is 1. The lowest BCUT2D eigenvalue weighted by atomic mass is 9.83. The van der Waals surface area contributed by atoms with Crippen molar-refractivity contribution in [3.8, 4) is 23.0 Å². The molecule has 39 heavy (non-hydrogen) atoms. The summed E-state index contributed by atoms with van der Waals surface area (Å²) in [4.78, 5) is 29.6. The molecule has 0 spiro atoms. The number of aromatic amines is 1. The maximum Gasteiger partial charge on any atom is 0.301 e. The SMILES string of the molecule is CN(C)CCNC(=O)C(C)(C)c1ccc(Oc2nc3nc(-c4ccc(N5CCCC5)cc4)c(Cl)cc3[nH]2)cc1. The monoisotopic (exact) mass is 546 g/mol. The molecule has 1 saturated heterocycles. The van der Waals surface area contributed by atoms with Crippen LogP contribution in [0.1, 0.15) is 32.3 Å². The van der Waals surface area contributed by atoms with Crippen molar-refractivity contribution < 1.29 is 9.53 Å². The number of imidazole rings is 1. The van der Waals surface area contributed by atoms with Crippen LogP contribution in [-0.4, -0.2) is 66.0 Å². The summed E-state index contributed by atoms with van der Waals surface area (Å²) in [5, 5.41) is 3.56. The minimum absolute atomic E-state index is 0.0141. The largest absolute Gasteiger partial charge is 0.426 e. The first-order valence-corrected chi connectivity index (χ1v) is 13.7. The Hall–Kier alpha value is -3.62. The molecule has 0 aliphatic carbocycles. The van der Waals surface area contributed by atoms with Crippen LogP contribution in [0.15, 0.2) is 54.6 Å². The number of halogens is 1. The van der Waals surface area contributed by atoms with Gasteiger partial charge in [-0.25, -0.2) is 4.98 Å². The summed E-state index contributed by atoms with van der Waals surface area (Å²) < 4.78 is 5.98. The van der Waals surface area contributed by atoms with Crippen molar-refractivity contribution >= 4 is 34.4 Å². The first kappa shape index (κ1) is 27.0. The average Bonchev–Trinajstić information content (AvgIpc) is 3.58. The number of likely N-dealkylation sites (N-methyl/N-ethyl adjacent to an activating group) is 1. The zero-order chi connectivity index (χ0) is 27.6. The molecule has 9 heteroatoms. The van der Waals surface area contributed by atoms with Crippen molar-refractivity contribution in [1.82, 2.24) is 25.2 Å². The van der Waals surface area contributed by atoms with Gasteiger partial charge in [-0.3, -0.25) is 4.79 Å². The van der Waals surface area contributed by atoms with E-state index in [4.69, 9.17) is 21.3 Å². The molecule has 5 rings (SSSR count). The molecule has 0 saturated carbocycles. The van der Waals surface area contributed by atoms with Crippen LogP contribution in [0, 0.1) is 0 Å². The third-order valence-corrected chi connectivity index (χ3v) is 7.51. The summed E-state index contributed by atoms with van der Waals surface area (Å²) in [6, 6.07) is 18.0. The summed E-state index contributed by atoms with van der Waals surface area (Å²) in [5.74, 6) is 0.588. The number of nitrogens with one attached hydrogen (secondary N) is 2. The van der Waals surface area contributed by atoms with E-state index in [1.807, 2.05) is 63.2 Å². The standard InChI is InChI=1S/C30H35ClN6O2/c1-30(2,28(38)32-15-18-36(3)4)21-9-13-23(14-10-21)39-29-33-25-19-24(31)26(34-27(25)35-29)20-7-11-22(12-8-20)37-16-5-6-17-37/h7-14,19H,5-6,15-18H2,1-4H3,(H,32,38)(H,33,34,35). The Balaban J connectivity index is 1.29. The van der Waals surface area contributed by atoms with Crippen LogP contribution in [-0.2, 0) is 10.2 Å². The highest BCUT2D eigenvalue weighted by molar-refractivity contribution is 6.33. The van der Waals surface area contributed by atoms with E-state index >= 15 is 0 Å². The molecule has 0 bridgehead atoms. The fraction of sp³-hybridized carbons (Fsp3) is 0.367. The third-order valence-electron chi connectivity index (χ3n) is 7.22. The molecule has 1 aliphatic heterocycles. The lowest BCUT2D eigenvalue weighted by molar-refractivity contribution is -0.125. The van der Waals surface area contributed by atoms with Gasteiger partial charge in [0.05, 0.1) is 21.6 Å². The number of pyridine rings is 1. The Bertz CT molecular complexity index is 1440. The van der Waals surface area contributed by atoms with Crippen LogP contribution in [0.3, 0.4) is 0 Å². The fourth-order valence-corrected chi connectivity index (χ4v) is 5.01. The van der Waals surface area contributed by atoms with Crippen LogP contribution >= 0.6 is 11.6 Å². The molecule has 0 atom stereocenters.